The van der Waals surface area contributed by atoms with Crippen LogP contribution in [0.25, 0.3) is 0 Å². The third kappa shape index (κ3) is 2.98. The highest BCUT2D eigenvalue weighted by atomic mass is 14.9. The molecule has 3 unspecified atom stereocenters. The zero-order valence-corrected chi connectivity index (χ0v) is 9.76. The Morgan fingerprint density at radius 3 is 2.57 bits per heavy atom. The second-order valence-electron chi connectivity index (χ2n) is 5.66. The number of hydrogen-bond acceptors (Lipinski definition) is 1. The molecule has 0 aromatic heterocycles. The number of nitrogens with one attached hydrogen (secondary N) is 1. The van der Waals surface area contributed by atoms with E-state index in [0.29, 0.717) is 0 Å². The minimum atomic E-state index is 0.760. The van der Waals surface area contributed by atoms with Gasteiger partial charge in [-0.2, -0.15) is 0 Å². The third-order valence-corrected chi connectivity index (χ3v) is 4.15. The van der Waals surface area contributed by atoms with E-state index in [4.69, 9.17) is 0 Å². The fourth-order valence-corrected chi connectivity index (χ4v) is 2.81. The molecule has 1 heteroatoms. The lowest BCUT2D eigenvalue weighted by Crippen LogP contribution is -2.32. The van der Waals surface area contributed by atoms with Crippen LogP contribution in [0, 0.1) is 17.8 Å². The van der Waals surface area contributed by atoms with E-state index in [1.807, 2.05) is 0 Å². The van der Waals surface area contributed by atoms with Gasteiger partial charge >= 0.3 is 0 Å². The first-order chi connectivity index (χ1) is 6.75. The molecule has 0 radical (unpaired) electrons. The van der Waals surface area contributed by atoms with E-state index in [0.717, 1.165) is 23.8 Å². The van der Waals surface area contributed by atoms with Gasteiger partial charge in [0.05, 0.1) is 0 Å². The van der Waals surface area contributed by atoms with Gasteiger partial charge in [-0.15, -0.1) is 0 Å². The van der Waals surface area contributed by atoms with Crippen LogP contribution in [-0.4, -0.2) is 12.6 Å². The molecular formula is C13H25N. The molecule has 82 valence electrons. The SMILES string of the molecule is CC(CC1CC1)NCC1CCCC1C. The fourth-order valence-electron chi connectivity index (χ4n) is 2.81. The molecule has 2 aliphatic carbocycles. The van der Waals surface area contributed by atoms with E-state index >= 15 is 0 Å². The van der Waals surface area contributed by atoms with Crippen LogP contribution in [-0.2, 0) is 0 Å². The predicted molar refractivity (Wildman–Crippen MR) is 61.3 cm³/mol. The molecule has 0 spiro atoms. The van der Waals surface area contributed by atoms with Crippen molar-refractivity contribution in [2.75, 3.05) is 6.54 Å². The van der Waals surface area contributed by atoms with Crippen molar-refractivity contribution in [3.05, 3.63) is 0 Å². The van der Waals surface area contributed by atoms with Crippen LogP contribution in [0.3, 0.4) is 0 Å². The van der Waals surface area contributed by atoms with Crippen molar-refractivity contribution in [3.8, 4) is 0 Å². The summed E-state index contributed by atoms with van der Waals surface area (Å²) >= 11 is 0. The van der Waals surface area contributed by atoms with E-state index in [2.05, 4.69) is 19.2 Å². The summed E-state index contributed by atoms with van der Waals surface area (Å²) < 4.78 is 0. The summed E-state index contributed by atoms with van der Waals surface area (Å²) in [5.74, 6) is 3.01. The molecule has 2 rings (SSSR count). The zero-order valence-electron chi connectivity index (χ0n) is 9.76. The normalized spacial score (nSPS) is 34.7. The first kappa shape index (κ1) is 10.5. The summed E-state index contributed by atoms with van der Waals surface area (Å²) in [6, 6.07) is 0.760. The maximum Gasteiger partial charge on any atom is 0.00414 e. The largest absolute Gasteiger partial charge is 0.314 e. The third-order valence-electron chi connectivity index (χ3n) is 4.15. The summed E-state index contributed by atoms with van der Waals surface area (Å²) in [5, 5.41) is 3.73. The average molecular weight is 195 g/mol. The molecule has 0 aliphatic heterocycles. The highest BCUT2D eigenvalue weighted by molar-refractivity contribution is 4.80. The van der Waals surface area contributed by atoms with Gasteiger partial charge in [-0.25, -0.2) is 0 Å². The standard InChI is InChI=1S/C13H25N/c1-10-4-3-5-13(10)9-14-11(2)8-12-6-7-12/h10-14H,3-9H2,1-2H3. The Morgan fingerprint density at radius 1 is 1.21 bits per heavy atom. The van der Waals surface area contributed by atoms with Gasteiger partial charge in [-0.3, -0.25) is 0 Å². The second-order valence-corrected chi connectivity index (χ2v) is 5.66. The van der Waals surface area contributed by atoms with Crippen LogP contribution in [0.4, 0.5) is 0 Å². The highest BCUT2D eigenvalue weighted by Crippen LogP contribution is 2.34. The van der Waals surface area contributed by atoms with Crippen molar-refractivity contribution < 1.29 is 0 Å². The molecule has 0 heterocycles. The van der Waals surface area contributed by atoms with Gasteiger partial charge in [0.1, 0.15) is 0 Å². The van der Waals surface area contributed by atoms with Crippen LogP contribution in [0.1, 0.15) is 52.4 Å². The lowest BCUT2D eigenvalue weighted by Gasteiger charge is -2.19. The monoisotopic (exact) mass is 195 g/mol. The van der Waals surface area contributed by atoms with E-state index in [1.165, 1.54) is 45.1 Å². The Bertz CT molecular complexity index is 174. The fraction of sp³-hybridized carbons (Fsp3) is 1.00. The molecular weight excluding hydrogens is 170 g/mol. The summed E-state index contributed by atoms with van der Waals surface area (Å²) in [5.41, 5.74) is 0. The first-order valence-electron chi connectivity index (χ1n) is 6.49. The van der Waals surface area contributed by atoms with Crippen molar-refractivity contribution in [3.63, 3.8) is 0 Å². The first-order valence-corrected chi connectivity index (χ1v) is 6.49. The molecule has 2 fully saturated rings. The molecule has 3 atom stereocenters. The number of rotatable bonds is 5. The van der Waals surface area contributed by atoms with Crippen molar-refractivity contribution in [2.24, 2.45) is 17.8 Å². The van der Waals surface area contributed by atoms with Gasteiger partial charge in [0.2, 0.25) is 0 Å². The van der Waals surface area contributed by atoms with Gasteiger partial charge in [0.15, 0.2) is 0 Å². The smallest absolute Gasteiger partial charge is 0.00414 e. The minimum Gasteiger partial charge on any atom is -0.314 e. The van der Waals surface area contributed by atoms with Crippen molar-refractivity contribution >= 4 is 0 Å². The van der Waals surface area contributed by atoms with E-state index in [-0.39, 0.29) is 0 Å². The quantitative estimate of drug-likeness (QED) is 0.710. The van der Waals surface area contributed by atoms with Crippen LogP contribution in [0.15, 0.2) is 0 Å². The molecule has 1 nitrogen and oxygen atoms in total. The zero-order chi connectivity index (χ0) is 9.97. The Morgan fingerprint density at radius 2 is 2.00 bits per heavy atom. The summed E-state index contributed by atoms with van der Waals surface area (Å²) in [6.07, 6.45) is 8.79. The van der Waals surface area contributed by atoms with Crippen LogP contribution in [0.2, 0.25) is 0 Å². The van der Waals surface area contributed by atoms with Crippen LogP contribution >= 0.6 is 0 Å². The van der Waals surface area contributed by atoms with E-state index in [9.17, 15) is 0 Å². The Kier molecular flexibility index (Phi) is 3.48. The van der Waals surface area contributed by atoms with Crippen LogP contribution < -0.4 is 5.32 Å². The molecule has 14 heavy (non-hydrogen) atoms. The molecule has 2 saturated carbocycles. The molecule has 0 aromatic carbocycles. The van der Waals surface area contributed by atoms with Gasteiger partial charge < -0.3 is 5.32 Å². The summed E-state index contributed by atoms with van der Waals surface area (Å²) in [6.45, 7) is 6.05. The molecule has 0 amide bonds. The lowest BCUT2D eigenvalue weighted by molar-refractivity contribution is 0.362. The van der Waals surface area contributed by atoms with Crippen LogP contribution in [0.5, 0.6) is 0 Å². The maximum atomic E-state index is 3.73. The Hall–Kier alpha value is -0.0400. The molecule has 1 N–H and O–H groups in total. The Balaban J connectivity index is 1.60. The van der Waals surface area contributed by atoms with Gasteiger partial charge in [0, 0.05) is 6.04 Å². The van der Waals surface area contributed by atoms with Crippen molar-refractivity contribution in [1.29, 1.82) is 0 Å². The highest BCUT2D eigenvalue weighted by Gasteiger charge is 2.26. The van der Waals surface area contributed by atoms with E-state index < -0.39 is 0 Å². The molecule has 0 bridgehead atoms. The Labute approximate surface area is 88.7 Å². The summed E-state index contributed by atoms with van der Waals surface area (Å²) in [4.78, 5) is 0. The molecule has 2 aliphatic rings. The van der Waals surface area contributed by atoms with Gasteiger partial charge in [0.25, 0.3) is 0 Å². The minimum absolute atomic E-state index is 0.760. The predicted octanol–water partition coefficient (Wildman–Crippen LogP) is 3.20. The lowest BCUT2D eigenvalue weighted by atomic mass is 9.98. The molecule has 0 aromatic rings. The second kappa shape index (κ2) is 4.65. The van der Waals surface area contributed by atoms with Gasteiger partial charge in [-0.05, 0) is 44.1 Å². The number of hydrogen-bond donors (Lipinski definition) is 1. The van der Waals surface area contributed by atoms with Crippen molar-refractivity contribution in [1.82, 2.24) is 5.32 Å². The van der Waals surface area contributed by atoms with E-state index in [1.54, 1.807) is 0 Å². The topological polar surface area (TPSA) is 12.0 Å². The summed E-state index contributed by atoms with van der Waals surface area (Å²) in [7, 11) is 0. The molecule has 0 saturated heterocycles. The van der Waals surface area contributed by atoms with Gasteiger partial charge in [-0.1, -0.05) is 32.6 Å². The maximum absolute atomic E-state index is 3.73. The van der Waals surface area contributed by atoms with Crippen molar-refractivity contribution in [2.45, 2.75) is 58.4 Å². The average Bonchev–Trinajstić information content (AvgIpc) is 2.86.